The van der Waals surface area contributed by atoms with Gasteiger partial charge in [0, 0.05) is 5.56 Å². The van der Waals surface area contributed by atoms with Gasteiger partial charge in [0.1, 0.15) is 17.6 Å². The van der Waals surface area contributed by atoms with Gasteiger partial charge in [-0.1, -0.05) is 18.6 Å². The number of carbonyl (C=O) groups excluding carboxylic acids is 2. The number of ether oxygens (including phenoxy) is 1. The maximum Gasteiger partial charge on any atom is 0.416 e. The Hall–Kier alpha value is -2.94. The first kappa shape index (κ1) is 22.3. The summed E-state index contributed by atoms with van der Waals surface area (Å²) in [6, 6.07) is 8.51. The standard InChI is InChI=1S/C23H22F4N2O3/c24-17-6-2-3-7-18(17)28-20(30)19-14-32-22(12-4-1-5-13-22)29(19)21(31)15-8-10-16(11-9-15)23(25,26)27/h2-3,6-11,19H,1,4-5,12-14H2,(H,28,30)/t19-/m1/s1. The molecular formula is C23H22F4N2O3. The molecule has 2 aromatic rings. The van der Waals surface area contributed by atoms with Crippen LogP contribution in [-0.2, 0) is 15.7 Å². The topological polar surface area (TPSA) is 58.6 Å². The number of benzene rings is 2. The van der Waals surface area contributed by atoms with E-state index in [0.29, 0.717) is 12.8 Å². The number of nitrogens with zero attached hydrogens (tertiary/aromatic N) is 1. The number of anilines is 1. The molecule has 1 N–H and O–H groups in total. The molecular weight excluding hydrogens is 428 g/mol. The smallest absolute Gasteiger partial charge is 0.353 e. The van der Waals surface area contributed by atoms with Crippen LogP contribution >= 0.6 is 0 Å². The number of carbonyl (C=O) groups is 2. The van der Waals surface area contributed by atoms with Crippen LogP contribution in [0.5, 0.6) is 0 Å². The molecule has 1 saturated carbocycles. The summed E-state index contributed by atoms with van der Waals surface area (Å²) < 4.78 is 58.8. The van der Waals surface area contributed by atoms with E-state index in [2.05, 4.69) is 5.32 Å². The SMILES string of the molecule is O=C(Nc1ccccc1F)[C@H]1COC2(CCCCC2)N1C(=O)c1ccc(C(F)(F)F)cc1. The molecule has 9 heteroatoms. The van der Waals surface area contributed by atoms with Crippen molar-refractivity contribution < 1.29 is 31.9 Å². The Bertz CT molecular complexity index is 1000. The number of rotatable bonds is 3. The highest BCUT2D eigenvalue weighted by molar-refractivity contribution is 6.02. The summed E-state index contributed by atoms with van der Waals surface area (Å²) in [5.41, 5.74) is -1.87. The summed E-state index contributed by atoms with van der Waals surface area (Å²) in [6.07, 6.45) is -0.951. The molecule has 1 spiro atoms. The van der Waals surface area contributed by atoms with Gasteiger partial charge in [0.25, 0.3) is 5.91 Å². The number of halogens is 4. The van der Waals surface area contributed by atoms with E-state index in [4.69, 9.17) is 4.74 Å². The summed E-state index contributed by atoms with van der Waals surface area (Å²) in [6.45, 7) is -0.0767. The molecule has 5 nitrogen and oxygen atoms in total. The van der Waals surface area contributed by atoms with Crippen LogP contribution < -0.4 is 5.32 Å². The molecule has 2 aliphatic rings. The van der Waals surface area contributed by atoms with Gasteiger partial charge in [-0.3, -0.25) is 14.5 Å². The van der Waals surface area contributed by atoms with Crippen molar-refractivity contribution in [1.82, 2.24) is 4.90 Å². The quantitative estimate of drug-likeness (QED) is 0.671. The van der Waals surface area contributed by atoms with Crippen LogP contribution in [0, 0.1) is 5.82 Å². The van der Waals surface area contributed by atoms with Crippen LogP contribution in [0.4, 0.5) is 23.2 Å². The Kier molecular flexibility index (Phi) is 5.94. The van der Waals surface area contributed by atoms with Crippen molar-refractivity contribution in [3.8, 4) is 0 Å². The summed E-state index contributed by atoms with van der Waals surface area (Å²) in [4.78, 5) is 27.8. The fraction of sp³-hybridized carbons (Fsp3) is 0.391. The maximum absolute atomic E-state index is 14.0. The first-order valence-corrected chi connectivity index (χ1v) is 10.4. The average molecular weight is 450 g/mol. The van der Waals surface area contributed by atoms with Gasteiger partial charge in [-0.25, -0.2) is 4.39 Å². The maximum atomic E-state index is 14.0. The molecule has 170 valence electrons. The molecule has 0 aromatic heterocycles. The number of hydrogen-bond donors (Lipinski definition) is 1. The van der Waals surface area contributed by atoms with E-state index in [1.807, 2.05) is 0 Å². The van der Waals surface area contributed by atoms with Gasteiger partial charge in [-0.15, -0.1) is 0 Å². The third-order valence-electron chi connectivity index (χ3n) is 6.01. The Labute approximate surface area is 182 Å². The molecule has 0 unspecified atom stereocenters. The Morgan fingerprint density at radius 3 is 2.28 bits per heavy atom. The Morgan fingerprint density at radius 1 is 1.00 bits per heavy atom. The highest BCUT2D eigenvalue weighted by Gasteiger charge is 2.53. The predicted octanol–water partition coefficient (Wildman–Crippen LogP) is 4.98. The van der Waals surface area contributed by atoms with Crippen molar-refractivity contribution in [2.45, 2.75) is 50.0 Å². The second-order valence-corrected chi connectivity index (χ2v) is 8.05. The molecule has 1 saturated heterocycles. The van der Waals surface area contributed by atoms with Gasteiger partial charge in [0.2, 0.25) is 5.91 Å². The van der Waals surface area contributed by atoms with E-state index in [0.717, 1.165) is 43.5 Å². The van der Waals surface area contributed by atoms with E-state index in [9.17, 15) is 27.2 Å². The number of para-hydroxylation sites is 1. The summed E-state index contributed by atoms with van der Waals surface area (Å²) >= 11 is 0. The fourth-order valence-corrected chi connectivity index (χ4v) is 4.39. The minimum atomic E-state index is -4.52. The minimum Gasteiger partial charge on any atom is -0.353 e. The first-order chi connectivity index (χ1) is 15.2. The first-order valence-electron chi connectivity index (χ1n) is 10.4. The molecule has 2 fully saturated rings. The third-order valence-corrected chi connectivity index (χ3v) is 6.01. The third kappa shape index (κ3) is 4.21. The van der Waals surface area contributed by atoms with Gasteiger partial charge in [-0.05, 0) is 62.1 Å². The molecule has 1 heterocycles. The normalized spacial score (nSPS) is 20.4. The van der Waals surface area contributed by atoms with E-state index in [-0.39, 0.29) is 17.9 Å². The monoisotopic (exact) mass is 450 g/mol. The van der Waals surface area contributed by atoms with Crippen molar-refractivity contribution in [1.29, 1.82) is 0 Å². The van der Waals surface area contributed by atoms with E-state index < -0.39 is 41.1 Å². The lowest BCUT2D eigenvalue weighted by molar-refractivity contribution is -0.137. The molecule has 0 radical (unpaired) electrons. The van der Waals surface area contributed by atoms with E-state index >= 15 is 0 Å². The summed E-state index contributed by atoms with van der Waals surface area (Å²) in [5.74, 6) is -1.82. The molecule has 2 aromatic carbocycles. The lowest BCUT2D eigenvalue weighted by atomic mass is 9.89. The van der Waals surface area contributed by atoms with Crippen LogP contribution in [0.1, 0.15) is 48.0 Å². The molecule has 1 aliphatic heterocycles. The predicted molar refractivity (Wildman–Crippen MR) is 108 cm³/mol. The molecule has 0 bridgehead atoms. The molecule has 1 atom stereocenters. The second-order valence-electron chi connectivity index (χ2n) is 8.05. The van der Waals surface area contributed by atoms with E-state index in [1.165, 1.54) is 23.1 Å². The molecule has 2 amide bonds. The van der Waals surface area contributed by atoms with Gasteiger partial charge in [0.15, 0.2) is 0 Å². The lowest BCUT2D eigenvalue weighted by Gasteiger charge is -2.41. The molecule has 4 rings (SSSR count). The van der Waals surface area contributed by atoms with Crippen molar-refractivity contribution in [3.05, 3.63) is 65.5 Å². The summed E-state index contributed by atoms with van der Waals surface area (Å²) in [7, 11) is 0. The number of nitrogens with one attached hydrogen (secondary N) is 1. The number of alkyl halides is 3. The van der Waals surface area contributed by atoms with Crippen LogP contribution in [-0.4, -0.2) is 35.1 Å². The molecule has 32 heavy (non-hydrogen) atoms. The zero-order valence-corrected chi connectivity index (χ0v) is 17.1. The zero-order chi connectivity index (χ0) is 22.9. The minimum absolute atomic E-state index is 0.0241. The zero-order valence-electron chi connectivity index (χ0n) is 17.1. The highest BCUT2D eigenvalue weighted by atomic mass is 19.4. The van der Waals surface area contributed by atoms with Gasteiger partial charge in [0.05, 0.1) is 17.9 Å². The number of hydrogen-bond acceptors (Lipinski definition) is 3. The number of amides is 2. The van der Waals surface area contributed by atoms with Crippen LogP contribution in [0.2, 0.25) is 0 Å². The average Bonchev–Trinajstić information content (AvgIpc) is 3.13. The second kappa shape index (κ2) is 8.54. The Balaban J connectivity index is 1.64. The van der Waals surface area contributed by atoms with Gasteiger partial charge < -0.3 is 10.1 Å². The van der Waals surface area contributed by atoms with Gasteiger partial charge >= 0.3 is 6.18 Å². The van der Waals surface area contributed by atoms with Crippen molar-refractivity contribution in [2.75, 3.05) is 11.9 Å². The highest BCUT2D eigenvalue weighted by Crippen LogP contribution is 2.42. The van der Waals surface area contributed by atoms with E-state index in [1.54, 1.807) is 6.07 Å². The van der Waals surface area contributed by atoms with Crippen molar-refractivity contribution >= 4 is 17.5 Å². The van der Waals surface area contributed by atoms with Gasteiger partial charge in [-0.2, -0.15) is 13.2 Å². The largest absolute Gasteiger partial charge is 0.416 e. The lowest BCUT2D eigenvalue weighted by Crippen LogP contribution is -2.55. The van der Waals surface area contributed by atoms with Crippen LogP contribution in [0.25, 0.3) is 0 Å². The fourth-order valence-electron chi connectivity index (χ4n) is 4.39. The van der Waals surface area contributed by atoms with Crippen molar-refractivity contribution in [3.63, 3.8) is 0 Å². The van der Waals surface area contributed by atoms with Crippen LogP contribution in [0.15, 0.2) is 48.5 Å². The Morgan fingerprint density at radius 2 is 1.66 bits per heavy atom. The molecule has 1 aliphatic carbocycles. The van der Waals surface area contributed by atoms with Crippen molar-refractivity contribution in [2.24, 2.45) is 0 Å². The summed E-state index contributed by atoms with van der Waals surface area (Å²) in [5, 5.41) is 2.50. The van der Waals surface area contributed by atoms with Crippen LogP contribution in [0.3, 0.4) is 0 Å².